The van der Waals surface area contributed by atoms with Crippen molar-refractivity contribution in [1.29, 1.82) is 0 Å². The number of halogens is 1. The van der Waals surface area contributed by atoms with Gasteiger partial charge in [0.1, 0.15) is 17.4 Å². The van der Waals surface area contributed by atoms with E-state index in [1.54, 1.807) is 31.6 Å². The average molecular weight is 449 g/mol. The molecule has 2 heterocycles. The minimum atomic E-state index is -0.326. The Bertz CT molecular complexity index is 1480. The van der Waals surface area contributed by atoms with E-state index in [-0.39, 0.29) is 5.82 Å². The van der Waals surface area contributed by atoms with E-state index in [1.807, 2.05) is 54.6 Å². The predicted octanol–water partition coefficient (Wildman–Crippen LogP) is 6.89. The number of fused-ring (bicyclic) bond motifs is 1. The van der Waals surface area contributed by atoms with Crippen LogP contribution < -0.4 is 10.1 Å². The number of nitrogens with zero attached hydrogens (tertiary/aromatic N) is 3. The van der Waals surface area contributed by atoms with Crippen LogP contribution in [-0.2, 0) is 0 Å². The summed E-state index contributed by atoms with van der Waals surface area (Å²) in [5.74, 6) is 1.64. The quantitative estimate of drug-likeness (QED) is 0.306. The Balaban J connectivity index is 1.64. The van der Waals surface area contributed by atoms with E-state index < -0.39 is 0 Å². The van der Waals surface area contributed by atoms with Crippen LogP contribution in [0.3, 0.4) is 0 Å². The highest BCUT2D eigenvalue weighted by molar-refractivity contribution is 5.95. The molecule has 5 rings (SSSR count). The molecular formula is C28H21FN4O. The molecule has 166 valence electrons. The summed E-state index contributed by atoms with van der Waals surface area (Å²) in [6, 6.07) is 22.5. The molecule has 5 aromatic rings. The smallest absolute Gasteiger partial charge is 0.163 e. The minimum absolute atomic E-state index is 0.326. The van der Waals surface area contributed by atoms with Gasteiger partial charge in [-0.05, 0) is 65.7 Å². The van der Waals surface area contributed by atoms with Gasteiger partial charge in [0.15, 0.2) is 5.82 Å². The van der Waals surface area contributed by atoms with Gasteiger partial charge in [-0.15, -0.1) is 0 Å². The van der Waals surface area contributed by atoms with E-state index in [0.717, 1.165) is 33.3 Å². The summed E-state index contributed by atoms with van der Waals surface area (Å²) < 4.78 is 19.2. The number of nitrogens with one attached hydrogen (secondary N) is 1. The maximum absolute atomic E-state index is 14.0. The molecule has 0 aliphatic rings. The van der Waals surface area contributed by atoms with Gasteiger partial charge in [-0.3, -0.25) is 4.98 Å². The lowest BCUT2D eigenvalue weighted by Crippen LogP contribution is -2.00. The topological polar surface area (TPSA) is 59.9 Å². The first-order valence-electron chi connectivity index (χ1n) is 10.7. The fourth-order valence-electron chi connectivity index (χ4n) is 3.73. The van der Waals surface area contributed by atoms with E-state index in [4.69, 9.17) is 14.7 Å². The Morgan fingerprint density at radius 3 is 2.47 bits per heavy atom. The highest BCUT2D eigenvalue weighted by Gasteiger charge is 2.12. The van der Waals surface area contributed by atoms with Crippen molar-refractivity contribution in [2.24, 2.45) is 0 Å². The zero-order chi connectivity index (χ0) is 23.5. The first-order valence-corrected chi connectivity index (χ1v) is 10.7. The van der Waals surface area contributed by atoms with E-state index in [2.05, 4.69) is 16.9 Å². The monoisotopic (exact) mass is 448 g/mol. The maximum Gasteiger partial charge on any atom is 0.163 e. The molecule has 0 spiro atoms. The highest BCUT2D eigenvalue weighted by Crippen LogP contribution is 2.31. The lowest BCUT2D eigenvalue weighted by Gasteiger charge is -2.13. The number of hydrogen-bond donors (Lipinski definition) is 1. The Kier molecular flexibility index (Phi) is 5.70. The largest absolute Gasteiger partial charge is 0.497 e. The molecule has 0 saturated carbocycles. The Labute approximate surface area is 196 Å². The second-order valence-corrected chi connectivity index (χ2v) is 7.66. The second-order valence-electron chi connectivity index (χ2n) is 7.66. The zero-order valence-electron chi connectivity index (χ0n) is 18.5. The van der Waals surface area contributed by atoms with Crippen molar-refractivity contribution >= 4 is 28.5 Å². The van der Waals surface area contributed by atoms with Gasteiger partial charge in [0, 0.05) is 34.6 Å². The van der Waals surface area contributed by atoms with Crippen LogP contribution in [0, 0.1) is 5.82 Å². The molecule has 0 radical (unpaired) electrons. The van der Waals surface area contributed by atoms with Crippen LogP contribution in [0.1, 0.15) is 5.56 Å². The molecule has 0 atom stereocenters. The SMILES string of the molecule is C=Cc1cc(Nc2nc(-c3cccnc3)nc3cc(-c4ccc(OC)cc4)ccc23)ccc1F. The van der Waals surface area contributed by atoms with Crippen molar-refractivity contribution in [1.82, 2.24) is 15.0 Å². The normalized spacial score (nSPS) is 10.8. The van der Waals surface area contributed by atoms with Crippen LogP contribution in [0.15, 0.2) is 91.8 Å². The molecule has 6 heteroatoms. The summed E-state index contributed by atoms with van der Waals surface area (Å²) in [4.78, 5) is 13.8. The third kappa shape index (κ3) is 4.21. The number of anilines is 2. The summed E-state index contributed by atoms with van der Waals surface area (Å²) in [5, 5.41) is 4.17. The molecule has 0 bridgehead atoms. The number of ether oxygens (including phenoxy) is 1. The number of pyridine rings is 1. The fourth-order valence-corrected chi connectivity index (χ4v) is 3.73. The lowest BCUT2D eigenvalue weighted by atomic mass is 10.0. The molecule has 0 amide bonds. The van der Waals surface area contributed by atoms with Crippen LogP contribution in [0.4, 0.5) is 15.9 Å². The third-order valence-electron chi connectivity index (χ3n) is 5.52. The minimum Gasteiger partial charge on any atom is -0.497 e. The van der Waals surface area contributed by atoms with Crippen LogP contribution in [0.2, 0.25) is 0 Å². The molecule has 2 aromatic heterocycles. The Hall–Kier alpha value is -4.58. The molecule has 0 unspecified atom stereocenters. The van der Waals surface area contributed by atoms with Gasteiger partial charge in [-0.1, -0.05) is 30.9 Å². The third-order valence-corrected chi connectivity index (χ3v) is 5.52. The van der Waals surface area contributed by atoms with Gasteiger partial charge in [0.05, 0.1) is 12.6 Å². The molecule has 3 aromatic carbocycles. The molecule has 34 heavy (non-hydrogen) atoms. The van der Waals surface area contributed by atoms with Crippen molar-refractivity contribution in [2.75, 3.05) is 12.4 Å². The molecule has 5 nitrogen and oxygen atoms in total. The van der Waals surface area contributed by atoms with Gasteiger partial charge in [-0.25, -0.2) is 14.4 Å². The molecule has 0 aliphatic heterocycles. The summed E-state index contributed by atoms with van der Waals surface area (Å²) in [5.41, 5.74) is 4.76. The second kappa shape index (κ2) is 9.11. The molecule has 1 N–H and O–H groups in total. The Morgan fingerprint density at radius 1 is 0.912 bits per heavy atom. The van der Waals surface area contributed by atoms with Crippen molar-refractivity contribution in [3.05, 3.63) is 103 Å². The standard InChI is InChI=1S/C28H21FN4O/c1-3-18-15-22(9-13-25(18)29)31-28-24-12-8-20(19-6-10-23(34-2)11-7-19)16-26(24)32-27(33-28)21-5-4-14-30-17-21/h3-17H,1H2,2H3,(H,31,32,33). The number of hydrogen-bond acceptors (Lipinski definition) is 5. The number of methoxy groups -OCH3 is 1. The van der Waals surface area contributed by atoms with Crippen molar-refractivity contribution in [3.8, 4) is 28.3 Å². The maximum atomic E-state index is 14.0. The van der Waals surface area contributed by atoms with Crippen LogP contribution in [-0.4, -0.2) is 22.1 Å². The first kappa shape index (κ1) is 21.3. The van der Waals surface area contributed by atoms with Crippen LogP contribution in [0.25, 0.3) is 39.5 Å². The van der Waals surface area contributed by atoms with Gasteiger partial charge in [0.2, 0.25) is 0 Å². The van der Waals surface area contributed by atoms with E-state index in [9.17, 15) is 4.39 Å². The van der Waals surface area contributed by atoms with Gasteiger partial charge in [-0.2, -0.15) is 0 Å². The number of aromatic nitrogens is 3. The average Bonchev–Trinajstić information content (AvgIpc) is 2.90. The van der Waals surface area contributed by atoms with Gasteiger partial charge >= 0.3 is 0 Å². The molecule has 0 aliphatic carbocycles. The van der Waals surface area contributed by atoms with Crippen molar-refractivity contribution in [3.63, 3.8) is 0 Å². The lowest BCUT2D eigenvalue weighted by molar-refractivity contribution is 0.415. The molecule has 0 saturated heterocycles. The van der Waals surface area contributed by atoms with E-state index in [1.165, 1.54) is 12.1 Å². The zero-order valence-corrected chi connectivity index (χ0v) is 18.5. The van der Waals surface area contributed by atoms with Gasteiger partial charge < -0.3 is 10.1 Å². The summed E-state index contributed by atoms with van der Waals surface area (Å²) >= 11 is 0. The van der Waals surface area contributed by atoms with Crippen molar-refractivity contribution < 1.29 is 9.13 Å². The van der Waals surface area contributed by atoms with Crippen LogP contribution >= 0.6 is 0 Å². The Morgan fingerprint density at radius 2 is 1.74 bits per heavy atom. The molecule has 0 fully saturated rings. The summed E-state index contributed by atoms with van der Waals surface area (Å²) in [6.45, 7) is 3.68. The predicted molar refractivity (Wildman–Crippen MR) is 135 cm³/mol. The fraction of sp³-hybridized carbons (Fsp3) is 0.0357. The summed E-state index contributed by atoms with van der Waals surface area (Å²) in [6.07, 6.45) is 4.92. The number of benzene rings is 3. The highest BCUT2D eigenvalue weighted by atomic mass is 19.1. The molecular weight excluding hydrogens is 427 g/mol. The van der Waals surface area contributed by atoms with Gasteiger partial charge in [0.25, 0.3) is 0 Å². The first-order chi connectivity index (χ1) is 16.6. The van der Waals surface area contributed by atoms with Crippen molar-refractivity contribution in [2.45, 2.75) is 0 Å². The van der Waals surface area contributed by atoms with Crippen LogP contribution in [0.5, 0.6) is 5.75 Å². The van der Waals surface area contributed by atoms with E-state index >= 15 is 0 Å². The number of rotatable bonds is 6. The summed E-state index contributed by atoms with van der Waals surface area (Å²) in [7, 11) is 1.65. The van der Waals surface area contributed by atoms with E-state index in [0.29, 0.717) is 22.9 Å².